The van der Waals surface area contributed by atoms with E-state index in [0.717, 1.165) is 0 Å². The van der Waals surface area contributed by atoms with Gasteiger partial charge in [-0.25, -0.2) is 0 Å². The number of halogens is 1. The van der Waals surface area contributed by atoms with Gasteiger partial charge < -0.3 is 10.8 Å². The minimum absolute atomic E-state index is 0. The molecular formula is C7H14ClNO3. The average molecular weight is 196 g/mol. The fourth-order valence-corrected chi connectivity index (χ4v) is 0.629. The molecule has 0 amide bonds. The number of aliphatic carboxylic acids is 1. The summed E-state index contributed by atoms with van der Waals surface area (Å²) in [5, 5.41) is 8.35. The molecule has 0 aliphatic carbocycles. The third kappa shape index (κ3) is 3.69. The van der Waals surface area contributed by atoms with Crippen molar-refractivity contribution in [2.45, 2.75) is 26.3 Å². The number of carboxylic acid groups (broad SMARTS) is 1. The second-order valence-corrected chi connectivity index (χ2v) is 2.53. The molecule has 5 heteroatoms. The predicted octanol–water partition coefficient (Wildman–Crippen LogP) is 0.435. The lowest BCUT2D eigenvalue weighted by Crippen LogP contribution is -2.41. The van der Waals surface area contributed by atoms with Crippen LogP contribution in [0.5, 0.6) is 0 Å². The molecule has 2 unspecified atom stereocenters. The maximum Gasteiger partial charge on any atom is 0.328 e. The van der Waals surface area contributed by atoms with Crippen LogP contribution >= 0.6 is 12.4 Å². The van der Waals surface area contributed by atoms with Crippen LogP contribution in [0.3, 0.4) is 0 Å². The van der Waals surface area contributed by atoms with Crippen molar-refractivity contribution in [3.05, 3.63) is 0 Å². The van der Waals surface area contributed by atoms with Crippen LogP contribution in [0.25, 0.3) is 0 Å². The Morgan fingerprint density at radius 1 is 1.50 bits per heavy atom. The van der Waals surface area contributed by atoms with Crippen LogP contribution in [0.2, 0.25) is 0 Å². The summed E-state index contributed by atoms with van der Waals surface area (Å²) in [6.07, 6.45) is 0.625. The zero-order valence-corrected chi connectivity index (χ0v) is 7.93. The molecule has 0 rings (SSSR count). The second-order valence-electron chi connectivity index (χ2n) is 2.53. The van der Waals surface area contributed by atoms with Gasteiger partial charge in [-0.3, -0.25) is 9.59 Å². The van der Waals surface area contributed by atoms with Gasteiger partial charge in [0.05, 0.1) is 0 Å². The van der Waals surface area contributed by atoms with Gasteiger partial charge >= 0.3 is 5.97 Å². The number of nitrogens with two attached hydrogens (primary N) is 1. The average Bonchev–Trinajstić information content (AvgIpc) is 2.00. The van der Waals surface area contributed by atoms with Gasteiger partial charge in [0.1, 0.15) is 0 Å². The maximum atomic E-state index is 11.0. The fraction of sp³-hybridized carbons (Fsp3) is 0.714. The molecule has 0 bridgehead atoms. The number of carbonyl (C=O) groups is 2. The SMILES string of the molecule is CCC(C)C(=O)C(N)C(=O)O.Cl. The van der Waals surface area contributed by atoms with Crippen molar-refractivity contribution < 1.29 is 14.7 Å². The van der Waals surface area contributed by atoms with Crippen molar-refractivity contribution >= 4 is 24.2 Å². The highest BCUT2D eigenvalue weighted by atomic mass is 35.5. The molecule has 0 aliphatic rings. The van der Waals surface area contributed by atoms with Crippen molar-refractivity contribution in [1.29, 1.82) is 0 Å². The molecule has 4 nitrogen and oxygen atoms in total. The lowest BCUT2D eigenvalue weighted by Gasteiger charge is -2.09. The number of carboxylic acids is 1. The Kier molecular flexibility index (Phi) is 6.94. The van der Waals surface area contributed by atoms with Crippen LogP contribution in [0, 0.1) is 5.92 Å². The number of Topliss-reactive ketones (excluding diaryl/α,β-unsaturated/α-hetero) is 1. The molecule has 0 aliphatic heterocycles. The number of ketones is 1. The number of carbonyl (C=O) groups excluding carboxylic acids is 1. The van der Waals surface area contributed by atoms with Gasteiger partial charge in [-0.1, -0.05) is 13.8 Å². The Morgan fingerprint density at radius 2 is 1.92 bits per heavy atom. The minimum Gasteiger partial charge on any atom is -0.480 e. The monoisotopic (exact) mass is 195 g/mol. The van der Waals surface area contributed by atoms with Gasteiger partial charge in [0, 0.05) is 5.92 Å². The quantitative estimate of drug-likeness (QED) is 0.638. The molecule has 0 aromatic carbocycles. The van der Waals surface area contributed by atoms with Crippen LogP contribution in [0.4, 0.5) is 0 Å². The Labute approximate surface area is 77.5 Å². The van der Waals surface area contributed by atoms with Crippen molar-refractivity contribution in [3.63, 3.8) is 0 Å². The summed E-state index contributed by atoms with van der Waals surface area (Å²) < 4.78 is 0. The topological polar surface area (TPSA) is 80.4 Å². The first kappa shape index (κ1) is 13.9. The van der Waals surface area contributed by atoms with Gasteiger partial charge in [-0.05, 0) is 6.42 Å². The van der Waals surface area contributed by atoms with Crippen LogP contribution in [-0.4, -0.2) is 22.9 Å². The molecule has 0 spiro atoms. The summed E-state index contributed by atoms with van der Waals surface area (Å²) in [7, 11) is 0. The minimum atomic E-state index is -1.36. The molecule has 3 N–H and O–H groups in total. The van der Waals surface area contributed by atoms with E-state index in [4.69, 9.17) is 10.8 Å². The number of rotatable bonds is 4. The molecule has 0 radical (unpaired) electrons. The normalized spacial score (nSPS) is 14.2. The van der Waals surface area contributed by atoms with E-state index in [1.54, 1.807) is 6.92 Å². The lowest BCUT2D eigenvalue weighted by atomic mass is 9.98. The van der Waals surface area contributed by atoms with Crippen LogP contribution in [0.15, 0.2) is 0 Å². The van der Waals surface area contributed by atoms with Gasteiger partial charge in [-0.15, -0.1) is 12.4 Å². The van der Waals surface area contributed by atoms with Crippen molar-refractivity contribution in [3.8, 4) is 0 Å². The lowest BCUT2D eigenvalue weighted by molar-refractivity contribution is -0.143. The molecule has 0 saturated heterocycles. The van der Waals surface area contributed by atoms with E-state index >= 15 is 0 Å². The molecule has 0 heterocycles. The highest BCUT2D eigenvalue weighted by molar-refractivity contribution is 6.02. The van der Waals surface area contributed by atoms with Crippen molar-refractivity contribution in [2.75, 3.05) is 0 Å². The molecule has 0 aromatic heterocycles. The Hall–Kier alpha value is -0.610. The van der Waals surface area contributed by atoms with Crippen LogP contribution in [0.1, 0.15) is 20.3 Å². The summed E-state index contributed by atoms with van der Waals surface area (Å²) in [5.74, 6) is -1.92. The Balaban J connectivity index is 0. The van der Waals surface area contributed by atoms with E-state index in [1.807, 2.05) is 6.92 Å². The zero-order valence-electron chi connectivity index (χ0n) is 7.11. The summed E-state index contributed by atoms with van der Waals surface area (Å²) in [6.45, 7) is 3.49. The molecular weight excluding hydrogens is 182 g/mol. The van der Waals surface area contributed by atoms with Crippen molar-refractivity contribution in [1.82, 2.24) is 0 Å². The first-order valence-electron chi connectivity index (χ1n) is 3.52. The smallest absolute Gasteiger partial charge is 0.328 e. The fourth-order valence-electron chi connectivity index (χ4n) is 0.629. The molecule has 12 heavy (non-hydrogen) atoms. The Morgan fingerprint density at radius 3 is 2.17 bits per heavy atom. The predicted molar refractivity (Wildman–Crippen MR) is 47.3 cm³/mol. The van der Waals surface area contributed by atoms with Crippen molar-refractivity contribution in [2.24, 2.45) is 11.7 Å². The first-order chi connectivity index (χ1) is 5.00. The van der Waals surface area contributed by atoms with E-state index in [2.05, 4.69) is 0 Å². The third-order valence-electron chi connectivity index (χ3n) is 1.67. The van der Waals surface area contributed by atoms with Gasteiger partial charge in [0.25, 0.3) is 0 Å². The molecule has 0 aromatic rings. The summed E-state index contributed by atoms with van der Waals surface area (Å²) in [6, 6.07) is -1.36. The van der Waals surface area contributed by atoms with E-state index in [1.165, 1.54) is 0 Å². The first-order valence-corrected chi connectivity index (χ1v) is 3.52. The van der Waals surface area contributed by atoms with Gasteiger partial charge in [0.15, 0.2) is 11.8 Å². The van der Waals surface area contributed by atoms with E-state index in [0.29, 0.717) is 6.42 Å². The summed E-state index contributed by atoms with van der Waals surface area (Å²) in [4.78, 5) is 21.2. The highest BCUT2D eigenvalue weighted by Gasteiger charge is 2.24. The van der Waals surface area contributed by atoms with Crippen LogP contribution < -0.4 is 5.73 Å². The summed E-state index contributed by atoms with van der Waals surface area (Å²) in [5.41, 5.74) is 5.09. The van der Waals surface area contributed by atoms with E-state index < -0.39 is 17.8 Å². The summed E-state index contributed by atoms with van der Waals surface area (Å²) >= 11 is 0. The van der Waals surface area contributed by atoms with E-state index in [-0.39, 0.29) is 18.3 Å². The standard InChI is InChI=1S/C7H13NO3.ClH/c1-3-4(2)6(9)5(8)7(10)11;/h4-5H,3,8H2,1-2H3,(H,10,11);1H. The molecule has 0 saturated carbocycles. The largest absolute Gasteiger partial charge is 0.480 e. The molecule has 72 valence electrons. The van der Waals surface area contributed by atoms with Gasteiger partial charge in [0.2, 0.25) is 0 Å². The number of hydrogen-bond donors (Lipinski definition) is 2. The third-order valence-corrected chi connectivity index (χ3v) is 1.67. The molecule has 0 fully saturated rings. The molecule has 2 atom stereocenters. The highest BCUT2D eigenvalue weighted by Crippen LogP contribution is 2.04. The second kappa shape index (κ2) is 5.97. The van der Waals surface area contributed by atoms with Crippen LogP contribution in [-0.2, 0) is 9.59 Å². The number of hydrogen-bond acceptors (Lipinski definition) is 3. The van der Waals surface area contributed by atoms with Gasteiger partial charge in [-0.2, -0.15) is 0 Å². The zero-order chi connectivity index (χ0) is 9.02. The van der Waals surface area contributed by atoms with E-state index in [9.17, 15) is 9.59 Å². The maximum absolute atomic E-state index is 11.0. The Bertz CT molecular complexity index is 172.